The lowest BCUT2D eigenvalue weighted by molar-refractivity contribution is -0.116. The minimum atomic E-state index is -0.0917. The molecule has 1 aromatic carbocycles. The number of carbonyl (C=O) groups excluding carboxylic acids is 1. The summed E-state index contributed by atoms with van der Waals surface area (Å²) < 4.78 is 11.2. The second-order valence-corrected chi connectivity index (χ2v) is 7.27. The number of amides is 1. The van der Waals surface area contributed by atoms with Gasteiger partial charge in [-0.2, -0.15) is 0 Å². The fourth-order valence-electron chi connectivity index (χ4n) is 2.50. The summed E-state index contributed by atoms with van der Waals surface area (Å²) in [5.74, 6) is 0.665. The predicted octanol–water partition coefficient (Wildman–Crippen LogP) is 4.15. The van der Waals surface area contributed by atoms with Gasteiger partial charge in [0.05, 0.1) is 6.61 Å². The van der Waals surface area contributed by atoms with Gasteiger partial charge in [0.15, 0.2) is 0 Å². The standard InChI is InChI=1S/C17H20ClN3O3S/c1-11-10-12(6-7-13(11)18)23-8-3-5-15(22)19-17-21-20-16(25-17)14-4-2-9-24-14/h6-7,10,14H,2-5,8-9H2,1H3,(H,19,21,22)/t14-/m0/s1. The molecule has 134 valence electrons. The molecule has 2 aromatic rings. The Balaban J connectivity index is 1.38. The molecular formula is C17H20ClN3O3S. The highest BCUT2D eigenvalue weighted by Crippen LogP contribution is 2.31. The molecule has 0 saturated carbocycles. The third kappa shape index (κ3) is 5.14. The fraction of sp³-hybridized carbons (Fsp3) is 0.471. The highest BCUT2D eigenvalue weighted by atomic mass is 35.5. The number of ether oxygens (including phenoxy) is 2. The number of aromatic nitrogens is 2. The van der Waals surface area contributed by atoms with E-state index in [1.807, 2.05) is 19.1 Å². The fourth-order valence-corrected chi connectivity index (χ4v) is 3.46. The number of carbonyl (C=O) groups is 1. The van der Waals surface area contributed by atoms with Crippen molar-refractivity contribution in [3.05, 3.63) is 33.8 Å². The maximum Gasteiger partial charge on any atom is 0.226 e. The maximum atomic E-state index is 12.0. The van der Waals surface area contributed by atoms with Gasteiger partial charge in [-0.1, -0.05) is 22.9 Å². The van der Waals surface area contributed by atoms with Crippen LogP contribution in [0, 0.1) is 6.92 Å². The van der Waals surface area contributed by atoms with Gasteiger partial charge >= 0.3 is 0 Å². The van der Waals surface area contributed by atoms with E-state index in [1.165, 1.54) is 11.3 Å². The second kappa shape index (κ2) is 8.60. The second-order valence-electron chi connectivity index (χ2n) is 5.86. The third-order valence-electron chi connectivity index (χ3n) is 3.84. The van der Waals surface area contributed by atoms with E-state index < -0.39 is 0 Å². The molecule has 3 rings (SSSR count). The number of nitrogens with one attached hydrogen (secondary N) is 1. The van der Waals surface area contributed by atoms with E-state index in [4.69, 9.17) is 21.1 Å². The molecule has 6 nitrogen and oxygen atoms in total. The average Bonchev–Trinajstić information content (AvgIpc) is 3.26. The van der Waals surface area contributed by atoms with Gasteiger partial charge in [-0.25, -0.2) is 0 Å². The summed E-state index contributed by atoms with van der Waals surface area (Å²) in [5, 5.41) is 12.9. The molecule has 8 heteroatoms. The molecule has 0 bridgehead atoms. The van der Waals surface area contributed by atoms with Gasteiger partial charge in [-0.05, 0) is 49.9 Å². The molecule has 1 aromatic heterocycles. The Morgan fingerprint density at radius 2 is 2.36 bits per heavy atom. The van der Waals surface area contributed by atoms with Crippen LogP contribution >= 0.6 is 22.9 Å². The first kappa shape index (κ1) is 18.1. The summed E-state index contributed by atoms with van der Waals surface area (Å²) >= 11 is 7.35. The lowest BCUT2D eigenvalue weighted by Crippen LogP contribution is -2.12. The minimum Gasteiger partial charge on any atom is -0.494 e. The smallest absolute Gasteiger partial charge is 0.226 e. The van der Waals surface area contributed by atoms with Crippen LogP contribution in [0.5, 0.6) is 5.75 Å². The third-order valence-corrected chi connectivity index (χ3v) is 5.19. The number of nitrogens with zero attached hydrogens (tertiary/aromatic N) is 2. The van der Waals surface area contributed by atoms with Gasteiger partial charge in [0, 0.05) is 18.1 Å². The molecule has 1 N–H and O–H groups in total. The minimum absolute atomic E-state index is 0.0272. The van der Waals surface area contributed by atoms with E-state index >= 15 is 0 Å². The zero-order chi connectivity index (χ0) is 17.6. The molecule has 1 aliphatic rings. The van der Waals surface area contributed by atoms with Gasteiger partial charge in [0.1, 0.15) is 16.9 Å². The Kier molecular flexibility index (Phi) is 6.23. The lowest BCUT2D eigenvalue weighted by atomic mass is 10.2. The predicted molar refractivity (Wildman–Crippen MR) is 97.4 cm³/mol. The first-order chi connectivity index (χ1) is 12.1. The van der Waals surface area contributed by atoms with Crippen LogP contribution in [0.15, 0.2) is 18.2 Å². The molecule has 1 atom stereocenters. The highest BCUT2D eigenvalue weighted by Gasteiger charge is 2.22. The summed E-state index contributed by atoms with van der Waals surface area (Å²) in [5.41, 5.74) is 0.968. The molecule has 0 unspecified atom stereocenters. The van der Waals surface area contributed by atoms with Crippen LogP contribution in [0.3, 0.4) is 0 Å². The average molecular weight is 382 g/mol. The lowest BCUT2D eigenvalue weighted by Gasteiger charge is -2.07. The van der Waals surface area contributed by atoms with Gasteiger partial charge in [-0.15, -0.1) is 10.2 Å². The molecule has 1 fully saturated rings. The molecular weight excluding hydrogens is 362 g/mol. The quantitative estimate of drug-likeness (QED) is 0.729. The number of rotatable bonds is 7. The van der Waals surface area contributed by atoms with E-state index in [-0.39, 0.29) is 12.0 Å². The van der Waals surface area contributed by atoms with Crippen LogP contribution < -0.4 is 10.1 Å². The summed E-state index contributed by atoms with van der Waals surface area (Å²) in [4.78, 5) is 12.0. The molecule has 0 aliphatic carbocycles. The van der Waals surface area contributed by atoms with Crippen molar-refractivity contribution in [2.45, 2.75) is 38.7 Å². The van der Waals surface area contributed by atoms with Crippen LogP contribution in [0.25, 0.3) is 0 Å². The number of anilines is 1. The zero-order valence-corrected chi connectivity index (χ0v) is 15.5. The maximum absolute atomic E-state index is 12.0. The van der Waals surface area contributed by atoms with Gasteiger partial charge in [0.2, 0.25) is 11.0 Å². The Labute approximate surface area is 155 Å². The number of aryl methyl sites for hydroxylation is 1. The van der Waals surface area contributed by atoms with Crippen molar-refractivity contribution in [1.29, 1.82) is 0 Å². The van der Waals surface area contributed by atoms with Crippen LogP contribution in [-0.2, 0) is 9.53 Å². The summed E-state index contributed by atoms with van der Waals surface area (Å²) in [6.07, 6.45) is 3.01. The van der Waals surface area contributed by atoms with E-state index in [0.29, 0.717) is 29.6 Å². The van der Waals surface area contributed by atoms with Crippen molar-refractivity contribution >= 4 is 34.0 Å². The van der Waals surface area contributed by atoms with Crippen LogP contribution in [0.2, 0.25) is 5.02 Å². The normalized spacial score (nSPS) is 16.8. The topological polar surface area (TPSA) is 73.3 Å². The Morgan fingerprint density at radius 1 is 1.48 bits per heavy atom. The van der Waals surface area contributed by atoms with Crippen LogP contribution in [-0.4, -0.2) is 29.3 Å². The first-order valence-corrected chi connectivity index (χ1v) is 9.45. The van der Waals surface area contributed by atoms with Crippen molar-refractivity contribution in [3.63, 3.8) is 0 Å². The largest absolute Gasteiger partial charge is 0.494 e. The molecule has 1 aliphatic heterocycles. The Bertz CT molecular complexity index is 732. The van der Waals surface area contributed by atoms with Gasteiger partial charge < -0.3 is 14.8 Å². The monoisotopic (exact) mass is 381 g/mol. The van der Waals surface area contributed by atoms with Gasteiger partial charge in [-0.3, -0.25) is 4.79 Å². The molecule has 0 radical (unpaired) electrons. The van der Waals surface area contributed by atoms with Crippen molar-refractivity contribution < 1.29 is 14.3 Å². The number of halogens is 1. The van der Waals surface area contributed by atoms with Crippen molar-refractivity contribution in [2.24, 2.45) is 0 Å². The summed E-state index contributed by atoms with van der Waals surface area (Å²) in [6.45, 7) is 3.15. The number of hydrogen-bond donors (Lipinski definition) is 1. The Hall–Kier alpha value is -1.70. The van der Waals surface area contributed by atoms with E-state index in [9.17, 15) is 4.79 Å². The van der Waals surface area contributed by atoms with Crippen molar-refractivity contribution in [3.8, 4) is 5.75 Å². The summed E-state index contributed by atoms with van der Waals surface area (Å²) in [7, 11) is 0. The molecule has 0 spiro atoms. The van der Waals surface area contributed by atoms with E-state index in [2.05, 4.69) is 15.5 Å². The molecule has 1 amide bonds. The molecule has 2 heterocycles. The van der Waals surface area contributed by atoms with Crippen molar-refractivity contribution in [1.82, 2.24) is 10.2 Å². The zero-order valence-electron chi connectivity index (χ0n) is 14.0. The first-order valence-electron chi connectivity index (χ1n) is 8.25. The summed E-state index contributed by atoms with van der Waals surface area (Å²) in [6, 6.07) is 5.51. The van der Waals surface area contributed by atoms with Crippen LogP contribution in [0.1, 0.15) is 42.4 Å². The van der Waals surface area contributed by atoms with E-state index in [1.54, 1.807) is 6.07 Å². The number of hydrogen-bond acceptors (Lipinski definition) is 6. The molecule has 25 heavy (non-hydrogen) atoms. The number of benzene rings is 1. The van der Waals surface area contributed by atoms with Gasteiger partial charge in [0.25, 0.3) is 0 Å². The van der Waals surface area contributed by atoms with E-state index in [0.717, 1.165) is 35.8 Å². The molecule has 1 saturated heterocycles. The highest BCUT2D eigenvalue weighted by molar-refractivity contribution is 7.15. The van der Waals surface area contributed by atoms with Crippen LogP contribution in [0.4, 0.5) is 5.13 Å². The SMILES string of the molecule is Cc1cc(OCCCC(=O)Nc2nnc([C@@H]3CCCO3)s2)ccc1Cl. The Morgan fingerprint density at radius 3 is 3.12 bits per heavy atom. The van der Waals surface area contributed by atoms with Crippen molar-refractivity contribution in [2.75, 3.05) is 18.5 Å².